The Labute approximate surface area is 198 Å². The van der Waals surface area contributed by atoms with Gasteiger partial charge in [0.15, 0.2) is 17.0 Å². The van der Waals surface area contributed by atoms with Crippen LogP contribution in [0.5, 0.6) is 0 Å². The van der Waals surface area contributed by atoms with Crippen LogP contribution in [0.2, 0.25) is 0 Å². The van der Waals surface area contributed by atoms with E-state index >= 15 is 0 Å². The molecule has 1 aromatic carbocycles. The Kier molecular flexibility index (Phi) is 6.71. The van der Waals surface area contributed by atoms with Gasteiger partial charge in [-0.1, -0.05) is 19.3 Å². The van der Waals surface area contributed by atoms with Crippen LogP contribution in [0.1, 0.15) is 57.4 Å². The Bertz CT molecular complexity index is 1250. The summed E-state index contributed by atoms with van der Waals surface area (Å²) in [4.78, 5) is 32.7. The third-order valence-electron chi connectivity index (χ3n) is 7.16. The molecule has 0 spiro atoms. The first-order chi connectivity index (χ1) is 16.6. The highest BCUT2D eigenvalue weighted by Gasteiger charge is 2.24. The number of hydrogen-bond acceptors (Lipinski definition) is 7. The van der Waals surface area contributed by atoms with Crippen LogP contribution in [-0.2, 0) is 7.05 Å². The number of likely N-dealkylation sites (tertiary alicyclic amines) is 1. The van der Waals surface area contributed by atoms with Gasteiger partial charge in [-0.25, -0.2) is 9.78 Å². The van der Waals surface area contributed by atoms with Crippen molar-refractivity contribution < 1.29 is 0 Å². The predicted octanol–water partition coefficient (Wildman–Crippen LogP) is 2.96. The van der Waals surface area contributed by atoms with E-state index in [1.54, 1.807) is 4.57 Å². The summed E-state index contributed by atoms with van der Waals surface area (Å²) in [6.07, 6.45) is 9.08. The number of piperidine rings is 1. The van der Waals surface area contributed by atoms with Crippen molar-refractivity contribution in [2.24, 2.45) is 7.05 Å². The fourth-order valence-corrected chi connectivity index (χ4v) is 5.19. The summed E-state index contributed by atoms with van der Waals surface area (Å²) in [6.45, 7) is 4.53. The van der Waals surface area contributed by atoms with Crippen molar-refractivity contribution >= 4 is 16.9 Å². The van der Waals surface area contributed by atoms with Crippen LogP contribution in [-0.4, -0.2) is 55.4 Å². The molecule has 34 heavy (non-hydrogen) atoms. The number of benzene rings is 1. The minimum atomic E-state index is -0.433. The van der Waals surface area contributed by atoms with Crippen LogP contribution in [0.25, 0.3) is 22.6 Å². The van der Waals surface area contributed by atoms with Crippen molar-refractivity contribution in [3.8, 4) is 11.4 Å². The van der Waals surface area contributed by atoms with Gasteiger partial charge in [-0.15, -0.1) is 10.2 Å². The standard InChI is InChI=1S/C25H33N7O2/c1-30-24(33)21-23(32(25(30)34)20-8-3-4-9-20)29-28-22(27-21)18-10-12-19(13-11-18)26-14-7-17-31-15-5-2-6-16-31/h10-13,20,26H,2-9,14-17H2,1H3. The second kappa shape index (κ2) is 10.0. The zero-order valence-corrected chi connectivity index (χ0v) is 19.9. The van der Waals surface area contributed by atoms with E-state index in [9.17, 15) is 9.59 Å². The van der Waals surface area contributed by atoms with Crippen LogP contribution in [0.4, 0.5) is 5.69 Å². The molecule has 1 aliphatic heterocycles. The van der Waals surface area contributed by atoms with Gasteiger partial charge in [-0.2, -0.15) is 0 Å². The first kappa shape index (κ1) is 22.7. The average molecular weight is 464 g/mol. The molecule has 3 heterocycles. The van der Waals surface area contributed by atoms with E-state index in [1.807, 2.05) is 24.3 Å². The lowest BCUT2D eigenvalue weighted by atomic mass is 10.1. The highest BCUT2D eigenvalue weighted by Crippen LogP contribution is 2.29. The minimum absolute atomic E-state index is 0.0454. The molecule has 2 aliphatic rings. The number of anilines is 1. The van der Waals surface area contributed by atoms with Gasteiger partial charge in [-0.3, -0.25) is 13.9 Å². The lowest BCUT2D eigenvalue weighted by molar-refractivity contribution is 0.228. The van der Waals surface area contributed by atoms with Crippen LogP contribution < -0.4 is 16.6 Å². The van der Waals surface area contributed by atoms with Crippen molar-refractivity contribution in [2.75, 3.05) is 31.5 Å². The summed E-state index contributed by atoms with van der Waals surface area (Å²) in [6, 6.07) is 7.92. The van der Waals surface area contributed by atoms with Crippen molar-refractivity contribution in [3.63, 3.8) is 0 Å². The van der Waals surface area contributed by atoms with E-state index < -0.39 is 5.56 Å². The molecule has 0 amide bonds. The molecule has 1 aliphatic carbocycles. The van der Waals surface area contributed by atoms with Gasteiger partial charge in [0.05, 0.1) is 0 Å². The highest BCUT2D eigenvalue weighted by atomic mass is 16.2. The summed E-state index contributed by atoms with van der Waals surface area (Å²) >= 11 is 0. The van der Waals surface area contributed by atoms with E-state index in [1.165, 1.54) is 39.4 Å². The van der Waals surface area contributed by atoms with Crippen LogP contribution in [0.3, 0.4) is 0 Å². The van der Waals surface area contributed by atoms with E-state index in [2.05, 4.69) is 25.4 Å². The fraction of sp³-hybridized carbons (Fsp3) is 0.560. The zero-order valence-electron chi connectivity index (χ0n) is 19.9. The number of aromatic nitrogens is 5. The number of fused-ring (bicyclic) bond motifs is 1. The van der Waals surface area contributed by atoms with E-state index in [-0.39, 0.29) is 22.9 Å². The average Bonchev–Trinajstić information content (AvgIpc) is 3.41. The van der Waals surface area contributed by atoms with E-state index in [0.29, 0.717) is 5.82 Å². The molecule has 9 nitrogen and oxygen atoms in total. The molecule has 0 atom stereocenters. The molecular formula is C25H33N7O2. The molecule has 9 heteroatoms. The Morgan fingerprint density at radius 2 is 1.71 bits per heavy atom. The van der Waals surface area contributed by atoms with Gasteiger partial charge in [0.25, 0.3) is 5.56 Å². The Morgan fingerprint density at radius 3 is 2.44 bits per heavy atom. The van der Waals surface area contributed by atoms with Crippen LogP contribution in [0, 0.1) is 0 Å². The van der Waals surface area contributed by atoms with E-state index in [4.69, 9.17) is 0 Å². The number of rotatable bonds is 7. The molecule has 0 unspecified atom stereocenters. The maximum Gasteiger partial charge on any atom is 0.332 e. The molecule has 180 valence electrons. The van der Waals surface area contributed by atoms with Gasteiger partial charge < -0.3 is 10.2 Å². The summed E-state index contributed by atoms with van der Waals surface area (Å²) in [5.41, 5.74) is 1.53. The zero-order chi connectivity index (χ0) is 23.5. The molecule has 2 fully saturated rings. The van der Waals surface area contributed by atoms with Crippen LogP contribution in [0.15, 0.2) is 33.9 Å². The number of nitrogens with zero attached hydrogens (tertiary/aromatic N) is 6. The van der Waals surface area contributed by atoms with Gasteiger partial charge in [0.1, 0.15) is 0 Å². The molecular weight excluding hydrogens is 430 g/mol. The number of hydrogen-bond donors (Lipinski definition) is 1. The largest absolute Gasteiger partial charge is 0.385 e. The van der Waals surface area contributed by atoms with Gasteiger partial charge in [0.2, 0.25) is 0 Å². The SMILES string of the molecule is Cn1c(=O)c2nc(-c3ccc(NCCCN4CCCCC4)cc3)nnc2n(C2CCCC2)c1=O. The monoisotopic (exact) mass is 463 g/mol. The third-order valence-corrected chi connectivity index (χ3v) is 7.16. The topological polar surface area (TPSA) is 97.9 Å². The predicted molar refractivity (Wildman–Crippen MR) is 133 cm³/mol. The molecule has 0 bridgehead atoms. The van der Waals surface area contributed by atoms with Crippen LogP contribution >= 0.6 is 0 Å². The van der Waals surface area contributed by atoms with Gasteiger partial charge >= 0.3 is 5.69 Å². The first-order valence-electron chi connectivity index (χ1n) is 12.5. The van der Waals surface area contributed by atoms with Crippen molar-refractivity contribution in [1.82, 2.24) is 29.2 Å². The second-order valence-corrected chi connectivity index (χ2v) is 9.52. The molecule has 1 saturated carbocycles. The first-order valence-corrected chi connectivity index (χ1v) is 12.5. The highest BCUT2D eigenvalue weighted by molar-refractivity contribution is 5.71. The Hall–Kier alpha value is -3.07. The van der Waals surface area contributed by atoms with E-state index in [0.717, 1.165) is 61.0 Å². The third kappa shape index (κ3) is 4.61. The van der Waals surface area contributed by atoms with Crippen molar-refractivity contribution in [2.45, 2.75) is 57.4 Å². The van der Waals surface area contributed by atoms with Crippen molar-refractivity contribution in [1.29, 1.82) is 0 Å². The Balaban J connectivity index is 1.32. The molecule has 2 aromatic heterocycles. The minimum Gasteiger partial charge on any atom is -0.385 e. The summed E-state index contributed by atoms with van der Waals surface area (Å²) in [7, 11) is 1.50. The summed E-state index contributed by atoms with van der Waals surface area (Å²) in [5.74, 6) is 0.387. The number of nitrogens with one attached hydrogen (secondary N) is 1. The molecule has 5 rings (SSSR count). The molecule has 1 N–H and O–H groups in total. The Morgan fingerprint density at radius 1 is 0.971 bits per heavy atom. The maximum absolute atomic E-state index is 12.8. The molecule has 0 radical (unpaired) electrons. The smallest absolute Gasteiger partial charge is 0.332 e. The lowest BCUT2D eigenvalue weighted by Gasteiger charge is -2.26. The maximum atomic E-state index is 12.8. The summed E-state index contributed by atoms with van der Waals surface area (Å²) < 4.78 is 2.75. The van der Waals surface area contributed by atoms with Crippen molar-refractivity contribution in [3.05, 3.63) is 45.1 Å². The quantitative estimate of drug-likeness (QED) is 0.538. The lowest BCUT2D eigenvalue weighted by Crippen LogP contribution is -2.40. The van der Waals surface area contributed by atoms with Gasteiger partial charge in [-0.05, 0) is 76.0 Å². The fourth-order valence-electron chi connectivity index (χ4n) is 5.19. The normalized spacial score (nSPS) is 17.4. The molecule has 3 aromatic rings. The molecule has 1 saturated heterocycles. The van der Waals surface area contributed by atoms with Gasteiger partial charge in [0, 0.05) is 30.9 Å². The summed E-state index contributed by atoms with van der Waals surface area (Å²) in [5, 5.41) is 12.1. The second-order valence-electron chi connectivity index (χ2n) is 9.52.